The number of anilines is 1. The van der Waals surface area contributed by atoms with E-state index in [-0.39, 0.29) is 16.7 Å². The van der Waals surface area contributed by atoms with Gasteiger partial charge in [0.1, 0.15) is 11.4 Å². The molecule has 0 radical (unpaired) electrons. The Morgan fingerprint density at radius 2 is 2.30 bits per heavy atom. The van der Waals surface area contributed by atoms with Crippen LogP contribution < -0.4 is 9.64 Å². The Balaban J connectivity index is 2.27. The number of rotatable bonds is 5. The van der Waals surface area contributed by atoms with Crippen LogP contribution >= 0.6 is 0 Å². The summed E-state index contributed by atoms with van der Waals surface area (Å²) >= 11 is 0. The van der Waals surface area contributed by atoms with Crippen molar-refractivity contribution in [3.63, 3.8) is 0 Å². The number of nitrogens with zero attached hydrogens (tertiary/aromatic N) is 2. The number of methoxy groups -OCH3 is 2. The standard InChI is InChI=1S/C13H18N2O5/c1-18-9-11-8-14(5-6-20-11)13-7-10(19-2)3-4-12(13)15(16)17/h3-4,7,11H,5-6,8-9H2,1-2H3/t11-/m1/s1. The number of benzene rings is 1. The van der Waals surface area contributed by atoms with Crippen molar-refractivity contribution >= 4 is 11.4 Å². The molecule has 0 bridgehead atoms. The monoisotopic (exact) mass is 282 g/mol. The lowest BCUT2D eigenvalue weighted by molar-refractivity contribution is -0.384. The van der Waals surface area contributed by atoms with Gasteiger partial charge in [0, 0.05) is 32.3 Å². The van der Waals surface area contributed by atoms with Gasteiger partial charge >= 0.3 is 0 Å². The van der Waals surface area contributed by atoms with Crippen LogP contribution in [0.2, 0.25) is 0 Å². The van der Waals surface area contributed by atoms with Crippen LogP contribution in [0.4, 0.5) is 11.4 Å². The zero-order valence-electron chi connectivity index (χ0n) is 11.6. The van der Waals surface area contributed by atoms with Crippen molar-refractivity contribution in [1.82, 2.24) is 0 Å². The zero-order valence-corrected chi connectivity index (χ0v) is 11.6. The Morgan fingerprint density at radius 1 is 1.50 bits per heavy atom. The van der Waals surface area contributed by atoms with Crippen LogP contribution in [-0.4, -0.2) is 51.6 Å². The van der Waals surface area contributed by atoms with E-state index >= 15 is 0 Å². The summed E-state index contributed by atoms with van der Waals surface area (Å²) in [7, 11) is 3.15. The Morgan fingerprint density at radius 3 is 2.95 bits per heavy atom. The molecule has 0 aromatic heterocycles. The summed E-state index contributed by atoms with van der Waals surface area (Å²) < 4.78 is 15.8. The molecule has 20 heavy (non-hydrogen) atoms. The van der Waals surface area contributed by atoms with Crippen molar-refractivity contribution < 1.29 is 19.1 Å². The first-order valence-electron chi connectivity index (χ1n) is 6.33. The van der Waals surface area contributed by atoms with Crippen LogP contribution in [0.5, 0.6) is 5.75 Å². The van der Waals surface area contributed by atoms with Crippen molar-refractivity contribution in [2.45, 2.75) is 6.10 Å². The number of hydrogen-bond donors (Lipinski definition) is 0. The summed E-state index contributed by atoms with van der Waals surface area (Å²) in [6.07, 6.45) is -0.0837. The molecular formula is C13H18N2O5. The number of hydrogen-bond acceptors (Lipinski definition) is 6. The van der Waals surface area contributed by atoms with Gasteiger partial charge in [-0.2, -0.15) is 0 Å². The molecule has 0 spiro atoms. The van der Waals surface area contributed by atoms with Gasteiger partial charge in [0.15, 0.2) is 0 Å². The Labute approximate surface area is 117 Å². The van der Waals surface area contributed by atoms with Crippen molar-refractivity contribution in [2.75, 3.05) is 45.4 Å². The van der Waals surface area contributed by atoms with Crippen LogP contribution in [-0.2, 0) is 9.47 Å². The fourth-order valence-corrected chi connectivity index (χ4v) is 2.26. The second-order valence-corrected chi connectivity index (χ2v) is 4.51. The molecule has 1 aromatic carbocycles. The molecule has 110 valence electrons. The maximum Gasteiger partial charge on any atom is 0.292 e. The lowest BCUT2D eigenvalue weighted by Crippen LogP contribution is -2.44. The topological polar surface area (TPSA) is 74.1 Å². The van der Waals surface area contributed by atoms with E-state index in [1.54, 1.807) is 19.2 Å². The summed E-state index contributed by atoms with van der Waals surface area (Å²) in [6.45, 7) is 2.15. The fourth-order valence-electron chi connectivity index (χ4n) is 2.26. The second kappa shape index (κ2) is 6.53. The van der Waals surface area contributed by atoms with E-state index in [1.165, 1.54) is 13.2 Å². The molecule has 0 aliphatic carbocycles. The van der Waals surface area contributed by atoms with E-state index in [1.807, 2.05) is 4.90 Å². The third kappa shape index (κ3) is 3.17. The predicted molar refractivity (Wildman–Crippen MR) is 73.5 cm³/mol. The van der Waals surface area contributed by atoms with E-state index in [0.717, 1.165) is 0 Å². The highest BCUT2D eigenvalue weighted by molar-refractivity contribution is 5.66. The highest BCUT2D eigenvalue weighted by atomic mass is 16.6. The SMILES string of the molecule is COC[C@H]1CN(c2cc(OC)ccc2[N+](=O)[O-])CCO1. The van der Waals surface area contributed by atoms with Gasteiger partial charge in [-0.05, 0) is 6.07 Å². The minimum Gasteiger partial charge on any atom is -0.497 e. The highest BCUT2D eigenvalue weighted by Crippen LogP contribution is 2.33. The molecule has 0 amide bonds. The van der Waals surface area contributed by atoms with Crippen LogP contribution in [0.25, 0.3) is 0 Å². The molecule has 1 heterocycles. The Kier molecular flexibility index (Phi) is 4.75. The number of nitro groups is 1. The molecule has 1 fully saturated rings. The smallest absolute Gasteiger partial charge is 0.292 e. The normalized spacial score (nSPS) is 18.9. The summed E-state index contributed by atoms with van der Waals surface area (Å²) in [5.41, 5.74) is 0.627. The maximum absolute atomic E-state index is 11.2. The average molecular weight is 282 g/mol. The van der Waals surface area contributed by atoms with E-state index in [2.05, 4.69) is 0 Å². The lowest BCUT2D eigenvalue weighted by Gasteiger charge is -2.33. The van der Waals surface area contributed by atoms with Crippen molar-refractivity contribution in [2.24, 2.45) is 0 Å². The minimum atomic E-state index is -0.379. The largest absolute Gasteiger partial charge is 0.497 e. The van der Waals surface area contributed by atoms with E-state index < -0.39 is 0 Å². The molecule has 2 rings (SSSR count). The van der Waals surface area contributed by atoms with Gasteiger partial charge in [-0.15, -0.1) is 0 Å². The van der Waals surface area contributed by atoms with Crippen LogP contribution in [0.1, 0.15) is 0 Å². The van der Waals surface area contributed by atoms with Gasteiger partial charge in [0.2, 0.25) is 0 Å². The summed E-state index contributed by atoms with van der Waals surface area (Å²) in [6, 6.07) is 4.75. The third-order valence-electron chi connectivity index (χ3n) is 3.21. The average Bonchev–Trinajstić information content (AvgIpc) is 2.47. The molecule has 1 saturated heterocycles. The molecule has 1 atom stereocenters. The summed E-state index contributed by atoms with van der Waals surface area (Å²) in [5, 5.41) is 11.2. The molecule has 0 saturated carbocycles. The van der Waals surface area contributed by atoms with Gasteiger partial charge in [0.25, 0.3) is 5.69 Å². The lowest BCUT2D eigenvalue weighted by atomic mass is 10.2. The van der Waals surface area contributed by atoms with Crippen molar-refractivity contribution in [3.05, 3.63) is 28.3 Å². The van der Waals surface area contributed by atoms with Crippen molar-refractivity contribution in [3.8, 4) is 5.75 Å². The maximum atomic E-state index is 11.2. The number of ether oxygens (including phenoxy) is 3. The number of morpholine rings is 1. The van der Waals surface area contributed by atoms with E-state index in [4.69, 9.17) is 14.2 Å². The van der Waals surface area contributed by atoms with Gasteiger partial charge in [-0.1, -0.05) is 0 Å². The van der Waals surface area contributed by atoms with E-state index in [0.29, 0.717) is 37.7 Å². The van der Waals surface area contributed by atoms with Gasteiger partial charge in [-0.25, -0.2) is 0 Å². The first-order chi connectivity index (χ1) is 9.65. The molecule has 1 aliphatic heterocycles. The number of nitro benzene ring substituents is 1. The Bertz CT molecular complexity index is 478. The Hall–Kier alpha value is -1.86. The van der Waals surface area contributed by atoms with Crippen LogP contribution in [0, 0.1) is 10.1 Å². The van der Waals surface area contributed by atoms with Crippen molar-refractivity contribution in [1.29, 1.82) is 0 Å². The highest BCUT2D eigenvalue weighted by Gasteiger charge is 2.26. The molecule has 7 heteroatoms. The van der Waals surface area contributed by atoms with Crippen LogP contribution in [0.3, 0.4) is 0 Å². The molecule has 1 aromatic rings. The molecule has 0 N–H and O–H groups in total. The zero-order chi connectivity index (χ0) is 14.5. The van der Waals surface area contributed by atoms with Gasteiger partial charge in [0.05, 0.1) is 31.4 Å². The van der Waals surface area contributed by atoms with Gasteiger partial charge in [-0.3, -0.25) is 10.1 Å². The first-order valence-corrected chi connectivity index (χ1v) is 6.33. The second-order valence-electron chi connectivity index (χ2n) is 4.51. The predicted octanol–water partition coefficient (Wildman–Crippen LogP) is 1.45. The first kappa shape index (κ1) is 14.5. The van der Waals surface area contributed by atoms with E-state index in [9.17, 15) is 10.1 Å². The molecule has 7 nitrogen and oxygen atoms in total. The fraction of sp³-hybridized carbons (Fsp3) is 0.538. The molecule has 1 aliphatic rings. The molecule has 0 unspecified atom stereocenters. The quantitative estimate of drug-likeness (QED) is 0.601. The summed E-state index contributed by atoms with van der Waals surface area (Å²) in [5.74, 6) is 0.598. The minimum absolute atomic E-state index is 0.0730. The van der Waals surface area contributed by atoms with Gasteiger partial charge < -0.3 is 19.1 Å². The summed E-state index contributed by atoms with van der Waals surface area (Å²) in [4.78, 5) is 12.7. The molecular weight excluding hydrogens is 264 g/mol. The van der Waals surface area contributed by atoms with Crippen LogP contribution in [0.15, 0.2) is 18.2 Å². The third-order valence-corrected chi connectivity index (χ3v) is 3.21.